The fraction of sp³-hybridized carbons (Fsp3) is 0.444. The quantitative estimate of drug-likeness (QED) is 0.903. The van der Waals surface area contributed by atoms with Crippen LogP contribution < -0.4 is 10.1 Å². The molecule has 2 fully saturated rings. The van der Waals surface area contributed by atoms with Gasteiger partial charge in [-0.15, -0.1) is 11.3 Å². The SMILES string of the molecule is COc1cccc(C2(NC(=O)c3cnc([C@H]4CCCO4)s3)CC2)c1. The predicted octanol–water partition coefficient (Wildman–Crippen LogP) is 3.42. The van der Waals surface area contributed by atoms with E-state index in [1.807, 2.05) is 24.3 Å². The normalized spacial score (nSPS) is 21.5. The summed E-state index contributed by atoms with van der Waals surface area (Å²) in [5, 5.41) is 4.10. The van der Waals surface area contributed by atoms with Gasteiger partial charge in [-0.25, -0.2) is 4.98 Å². The Balaban J connectivity index is 1.49. The highest BCUT2D eigenvalue weighted by Crippen LogP contribution is 2.46. The predicted molar refractivity (Wildman–Crippen MR) is 91.4 cm³/mol. The Kier molecular flexibility index (Phi) is 4.02. The Hall–Kier alpha value is -1.92. The Bertz CT molecular complexity index is 748. The summed E-state index contributed by atoms with van der Waals surface area (Å²) in [6.07, 6.45) is 5.67. The molecule has 0 unspecified atom stereocenters. The molecular formula is C18H20N2O3S. The number of nitrogens with zero attached hydrogens (tertiary/aromatic N) is 1. The first-order chi connectivity index (χ1) is 11.7. The van der Waals surface area contributed by atoms with E-state index in [1.54, 1.807) is 13.3 Å². The Morgan fingerprint density at radius 2 is 2.33 bits per heavy atom. The zero-order valence-electron chi connectivity index (χ0n) is 13.6. The highest BCUT2D eigenvalue weighted by molar-refractivity contribution is 7.13. The van der Waals surface area contributed by atoms with Crippen molar-refractivity contribution in [2.45, 2.75) is 37.3 Å². The molecule has 0 spiro atoms. The molecule has 2 aliphatic rings. The second-order valence-electron chi connectivity index (χ2n) is 6.33. The summed E-state index contributed by atoms with van der Waals surface area (Å²) >= 11 is 1.44. The molecule has 1 aliphatic carbocycles. The maximum atomic E-state index is 12.6. The van der Waals surface area contributed by atoms with Gasteiger partial charge in [0, 0.05) is 6.61 Å². The van der Waals surface area contributed by atoms with Crippen LogP contribution in [0.4, 0.5) is 0 Å². The molecule has 126 valence electrons. The van der Waals surface area contributed by atoms with Crippen LogP contribution in [0, 0.1) is 0 Å². The van der Waals surface area contributed by atoms with Crippen molar-refractivity contribution in [3.63, 3.8) is 0 Å². The molecule has 1 saturated carbocycles. The molecular weight excluding hydrogens is 324 g/mol. The van der Waals surface area contributed by atoms with Crippen LogP contribution in [-0.2, 0) is 10.3 Å². The first-order valence-corrected chi connectivity index (χ1v) is 9.06. The molecule has 1 saturated heterocycles. The molecule has 1 N–H and O–H groups in total. The summed E-state index contributed by atoms with van der Waals surface area (Å²) in [6, 6.07) is 7.92. The second kappa shape index (κ2) is 6.18. The summed E-state index contributed by atoms with van der Waals surface area (Å²) in [4.78, 5) is 17.7. The Morgan fingerprint density at radius 1 is 1.46 bits per heavy atom. The Morgan fingerprint density at radius 3 is 3.04 bits per heavy atom. The van der Waals surface area contributed by atoms with Crippen molar-refractivity contribution >= 4 is 17.2 Å². The van der Waals surface area contributed by atoms with E-state index < -0.39 is 0 Å². The smallest absolute Gasteiger partial charge is 0.263 e. The topological polar surface area (TPSA) is 60.5 Å². The molecule has 4 rings (SSSR count). The lowest BCUT2D eigenvalue weighted by Gasteiger charge is -2.18. The zero-order valence-corrected chi connectivity index (χ0v) is 14.4. The van der Waals surface area contributed by atoms with Gasteiger partial charge < -0.3 is 14.8 Å². The highest BCUT2D eigenvalue weighted by atomic mass is 32.1. The van der Waals surface area contributed by atoms with Crippen molar-refractivity contribution in [2.24, 2.45) is 0 Å². The number of carbonyl (C=O) groups excluding carboxylic acids is 1. The van der Waals surface area contributed by atoms with Crippen molar-refractivity contribution < 1.29 is 14.3 Å². The number of ether oxygens (including phenoxy) is 2. The zero-order chi connectivity index (χ0) is 16.6. The van der Waals surface area contributed by atoms with Crippen LogP contribution in [-0.4, -0.2) is 24.6 Å². The van der Waals surface area contributed by atoms with Crippen LogP contribution in [0.2, 0.25) is 0 Å². The minimum absolute atomic E-state index is 0.0583. The van der Waals surface area contributed by atoms with Crippen molar-refractivity contribution in [1.29, 1.82) is 0 Å². The van der Waals surface area contributed by atoms with Crippen molar-refractivity contribution in [3.05, 3.63) is 45.9 Å². The first-order valence-electron chi connectivity index (χ1n) is 8.25. The van der Waals surface area contributed by atoms with Gasteiger partial charge in [0.1, 0.15) is 21.7 Å². The number of nitrogens with one attached hydrogen (secondary N) is 1. The molecule has 2 aromatic rings. The van der Waals surface area contributed by atoms with Gasteiger partial charge in [-0.3, -0.25) is 4.79 Å². The van der Waals surface area contributed by atoms with Crippen LogP contribution in [0.3, 0.4) is 0 Å². The summed E-state index contributed by atoms with van der Waals surface area (Å²) < 4.78 is 10.9. The minimum atomic E-state index is -0.264. The summed E-state index contributed by atoms with van der Waals surface area (Å²) in [7, 11) is 1.65. The van der Waals surface area contributed by atoms with E-state index in [-0.39, 0.29) is 17.6 Å². The minimum Gasteiger partial charge on any atom is -0.497 e. The lowest BCUT2D eigenvalue weighted by atomic mass is 10.0. The van der Waals surface area contributed by atoms with E-state index >= 15 is 0 Å². The third-order valence-corrected chi connectivity index (χ3v) is 5.77. The molecule has 1 aromatic carbocycles. The lowest BCUT2D eigenvalue weighted by molar-refractivity contribution is 0.0934. The third kappa shape index (κ3) is 2.91. The van der Waals surface area contributed by atoms with Gasteiger partial charge in [0.2, 0.25) is 0 Å². The van der Waals surface area contributed by atoms with Gasteiger partial charge in [0.25, 0.3) is 5.91 Å². The number of hydrogen-bond acceptors (Lipinski definition) is 5. The van der Waals surface area contributed by atoms with Crippen molar-refractivity contribution in [3.8, 4) is 5.75 Å². The summed E-state index contributed by atoms with van der Waals surface area (Å²) in [6.45, 7) is 0.782. The van der Waals surface area contributed by atoms with E-state index in [0.717, 1.165) is 48.6 Å². The van der Waals surface area contributed by atoms with Gasteiger partial charge in [-0.1, -0.05) is 12.1 Å². The van der Waals surface area contributed by atoms with Gasteiger partial charge in [-0.2, -0.15) is 0 Å². The van der Waals surface area contributed by atoms with Gasteiger partial charge in [0.05, 0.1) is 18.8 Å². The van der Waals surface area contributed by atoms with Crippen LogP contribution >= 0.6 is 11.3 Å². The molecule has 6 heteroatoms. The maximum absolute atomic E-state index is 12.6. The van der Waals surface area contributed by atoms with E-state index in [0.29, 0.717) is 4.88 Å². The van der Waals surface area contributed by atoms with Crippen molar-refractivity contribution in [1.82, 2.24) is 10.3 Å². The molecule has 24 heavy (non-hydrogen) atoms. The number of methoxy groups -OCH3 is 1. The molecule has 2 heterocycles. The van der Waals surface area contributed by atoms with Crippen LogP contribution in [0.25, 0.3) is 0 Å². The van der Waals surface area contributed by atoms with E-state index in [2.05, 4.69) is 10.3 Å². The van der Waals surface area contributed by atoms with E-state index in [1.165, 1.54) is 11.3 Å². The lowest BCUT2D eigenvalue weighted by Crippen LogP contribution is -2.34. The first kappa shape index (κ1) is 15.6. The third-order valence-electron chi connectivity index (χ3n) is 4.68. The molecule has 1 atom stereocenters. The standard InChI is InChI=1S/C18H20N2O3S/c1-22-13-5-2-4-12(10-13)18(7-8-18)20-16(21)15-11-19-17(24-15)14-6-3-9-23-14/h2,4-5,10-11,14H,3,6-9H2,1H3,(H,20,21)/t14-/m1/s1. The average Bonchev–Trinajstić information content (AvgIpc) is 3.05. The van der Waals surface area contributed by atoms with Crippen LogP contribution in [0.15, 0.2) is 30.5 Å². The summed E-state index contributed by atoms with van der Waals surface area (Å²) in [5.41, 5.74) is 0.832. The van der Waals surface area contributed by atoms with Crippen LogP contribution in [0.5, 0.6) is 5.75 Å². The fourth-order valence-corrected chi connectivity index (χ4v) is 4.02. The summed E-state index contributed by atoms with van der Waals surface area (Å²) in [5.74, 6) is 0.753. The molecule has 5 nitrogen and oxygen atoms in total. The Labute approximate surface area is 145 Å². The van der Waals surface area contributed by atoms with Gasteiger partial charge in [0.15, 0.2) is 0 Å². The molecule has 0 bridgehead atoms. The van der Waals surface area contributed by atoms with Crippen molar-refractivity contribution in [2.75, 3.05) is 13.7 Å². The number of thiazole rings is 1. The molecule has 1 amide bonds. The average molecular weight is 344 g/mol. The molecule has 1 aromatic heterocycles. The van der Waals surface area contributed by atoms with Gasteiger partial charge >= 0.3 is 0 Å². The number of rotatable bonds is 5. The monoisotopic (exact) mass is 344 g/mol. The number of amides is 1. The number of benzene rings is 1. The van der Waals surface area contributed by atoms with Gasteiger partial charge in [-0.05, 0) is 43.4 Å². The van der Waals surface area contributed by atoms with E-state index in [4.69, 9.17) is 9.47 Å². The number of carbonyl (C=O) groups is 1. The fourth-order valence-electron chi connectivity index (χ4n) is 3.12. The largest absolute Gasteiger partial charge is 0.497 e. The number of hydrogen-bond donors (Lipinski definition) is 1. The molecule has 1 aliphatic heterocycles. The van der Waals surface area contributed by atoms with E-state index in [9.17, 15) is 4.79 Å². The highest BCUT2D eigenvalue weighted by Gasteiger charge is 2.46. The molecule has 0 radical (unpaired) electrons. The maximum Gasteiger partial charge on any atom is 0.263 e. The van der Waals surface area contributed by atoms with Crippen LogP contribution in [0.1, 0.15) is 52.0 Å². The number of aromatic nitrogens is 1. The second-order valence-corrected chi connectivity index (χ2v) is 7.39.